The fourth-order valence-corrected chi connectivity index (χ4v) is 7.52. The highest BCUT2D eigenvalue weighted by Gasteiger charge is 2.18. The Bertz CT molecular complexity index is 2820. The third-order valence-electron chi connectivity index (χ3n) is 9.96. The number of para-hydroxylation sites is 3. The fourth-order valence-electron chi connectivity index (χ4n) is 7.52. The van der Waals surface area contributed by atoms with Gasteiger partial charge in [-0.25, -0.2) is 9.97 Å². The Hall–Kier alpha value is -6.84. The van der Waals surface area contributed by atoms with E-state index in [1.807, 2.05) is 12.1 Å². The Labute approximate surface area is 295 Å². The summed E-state index contributed by atoms with van der Waals surface area (Å²) in [6.45, 7) is 0. The third kappa shape index (κ3) is 4.98. The van der Waals surface area contributed by atoms with Crippen LogP contribution in [0.15, 0.2) is 188 Å². The highest BCUT2D eigenvalue weighted by molar-refractivity contribution is 6.20. The minimum Gasteiger partial charge on any atom is -0.309 e. The average Bonchev–Trinajstić information content (AvgIpc) is 3.54. The molecule has 0 saturated heterocycles. The van der Waals surface area contributed by atoms with E-state index in [-0.39, 0.29) is 0 Å². The van der Waals surface area contributed by atoms with E-state index in [1.165, 1.54) is 27.2 Å². The first-order valence-corrected chi connectivity index (χ1v) is 17.3. The van der Waals surface area contributed by atoms with Crippen LogP contribution in [0, 0.1) is 0 Å². The van der Waals surface area contributed by atoms with Crippen molar-refractivity contribution in [3.63, 3.8) is 0 Å². The number of hydrogen-bond acceptors (Lipinski definition) is 2. The summed E-state index contributed by atoms with van der Waals surface area (Å²) in [4.78, 5) is 10.4. The normalized spacial score (nSPS) is 11.5. The molecule has 0 aliphatic rings. The zero-order valence-corrected chi connectivity index (χ0v) is 27.7. The van der Waals surface area contributed by atoms with Gasteiger partial charge >= 0.3 is 0 Å². The van der Waals surface area contributed by atoms with Gasteiger partial charge in [0.1, 0.15) is 0 Å². The molecule has 0 atom stereocenters. The third-order valence-corrected chi connectivity index (χ3v) is 9.96. The van der Waals surface area contributed by atoms with Crippen LogP contribution in [0.5, 0.6) is 0 Å². The van der Waals surface area contributed by atoms with Gasteiger partial charge in [-0.15, -0.1) is 0 Å². The molecule has 10 aromatic rings. The molecule has 0 aliphatic heterocycles. The molecule has 3 aromatic heterocycles. The maximum atomic E-state index is 5.33. The highest BCUT2D eigenvalue weighted by Crippen LogP contribution is 2.40. The summed E-state index contributed by atoms with van der Waals surface area (Å²) < 4.78 is 2.38. The first kappa shape index (κ1) is 29.1. The van der Waals surface area contributed by atoms with Gasteiger partial charge in [-0.2, -0.15) is 0 Å². The van der Waals surface area contributed by atoms with Crippen molar-refractivity contribution in [1.82, 2.24) is 14.5 Å². The van der Waals surface area contributed by atoms with Crippen LogP contribution in [0.4, 0.5) is 0 Å². The molecule has 3 heterocycles. The van der Waals surface area contributed by atoms with Gasteiger partial charge in [-0.3, -0.25) is 0 Å². The first-order valence-electron chi connectivity index (χ1n) is 17.3. The van der Waals surface area contributed by atoms with Gasteiger partial charge in [0.2, 0.25) is 0 Å². The van der Waals surface area contributed by atoms with Crippen LogP contribution in [-0.4, -0.2) is 14.5 Å². The summed E-state index contributed by atoms with van der Waals surface area (Å²) in [7, 11) is 0. The molecule has 3 nitrogen and oxygen atoms in total. The van der Waals surface area contributed by atoms with E-state index in [1.54, 1.807) is 0 Å². The molecule has 0 unspecified atom stereocenters. The topological polar surface area (TPSA) is 30.7 Å². The minimum absolute atomic E-state index is 0.955. The zero-order chi connectivity index (χ0) is 33.7. The number of benzene rings is 7. The van der Waals surface area contributed by atoms with Gasteiger partial charge < -0.3 is 4.57 Å². The molecule has 7 aromatic carbocycles. The Morgan fingerprint density at radius 3 is 1.57 bits per heavy atom. The SMILES string of the molecule is c1ccc(-c2cc(-c3ccc(-c4nc5ccccc5c5cc6c7ccccc7n(-c7ccccc7)c6cc45)cc3)cc(-c3ccccc3)n2)cc1. The van der Waals surface area contributed by atoms with Gasteiger partial charge in [0.25, 0.3) is 0 Å². The van der Waals surface area contributed by atoms with E-state index in [9.17, 15) is 0 Å². The lowest BCUT2D eigenvalue weighted by Crippen LogP contribution is -1.94. The van der Waals surface area contributed by atoms with E-state index in [2.05, 4.69) is 180 Å². The van der Waals surface area contributed by atoms with E-state index >= 15 is 0 Å². The molecule has 0 bridgehead atoms. The second-order valence-electron chi connectivity index (χ2n) is 13.0. The first-order chi connectivity index (χ1) is 25.3. The van der Waals surface area contributed by atoms with Crippen molar-refractivity contribution in [2.75, 3.05) is 0 Å². The second kappa shape index (κ2) is 11.9. The largest absolute Gasteiger partial charge is 0.309 e. The van der Waals surface area contributed by atoms with Crippen molar-refractivity contribution < 1.29 is 0 Å². The number of hydrogen-bond donors (Lipinski definition) is 0. The van der Waals surface area contributed by atoms with Crippen LogP contribution in [0.1, 0.15) is 0 Å². The van der Waals surface area contributed by atoms with Crippen LogP contribution in [0.3, 0.4) is 0 Å². The Morgan fingerprint density at radius 2 is 0.882 bits per heavy atom. The van der Waals surface area contributed by atoms with Crippen LogP contribution in [0.2, 0.25) is 0 Å². The molecule has 0 fully saturated rings. The number of nitrogens with zero attached hydrogens (tertiary/aromatic N) is 3. The maximum Gasteiger partial charge on any atom is 0.0788 e. The molecule has 0 saturated carbocycles. The summed E-state index contributed by atoms with van der Waals surface area (Å²) in [6, 6.07) is 66.6. The zero-order valence-electron chi connectivity index (χ0n) is 27.7. The summed E-state index contributed by atoms with van der Waals surface area (Å²) in [6.07, 6.45) is 0. The Kier molecular flexibility index (Phi) is 6.81. The lowest BCUT2D eigenvalue weighted by molar-refractivity contribution is 1.18. The monoisotopic (exact) mass is 649 g/mol. The molecular weight excluding hydrogens is 619 g/mol. The summed E-state index contributed by atoms with van der Waals surface area (Å²) >= 11 is 0. The lowest BCUT2D eigenvalue weighted by Gasteiger charge is -2.13. The van der Waals surface area contributed by atoms with Crippen molar-refractivity contribution in [2.45, 2.75) is 0 Å². The molecule has 238 valence electrons. The molecular formula is C48H31N3. The number of fused-ring (bicyclic) bond motifs is 6. The lowest BCUT2D eigenvalue weighted by atomic mass is 9.96. The molecule has 3 heteroatoms. The summed E-state index contributed by atoms with van der Waals surface area (Å²) in [5.41, 5.74) is 12.9. The van der Waals surface area contributed by atoms with Crippen molar-refractivity contribution in [3.8, 4) is 50.6 Å². The van der Waals surface area contributed by atoms with Crippen LogP contribution in [0.25, 0.3) is 94.1 Å². The van der Waals surface area contributed by atoms with Crippen LogP contribution >= 0.6 is 0 Å². The van der Waals surface area contributed by atoms with Gasteiger partial charge in [-0.1, -0.05) is 140 Å². The Balaban J connectivity index is 1.17. The van der Waals surface area contributed by atoms with Gasteiger partial charge in [0, 0.05) is 43.9 Å². The maximum absolute atomic E-state index is 5.33. The molecule has 10 rings (SSSR count). The smallest absolute Gasteiger partial charge is 0.0788 e. The van der Waals surface area contributed by atoms with Gasteiger partial charge in [0.05, 0.1) is 33.6 Å². The van der Waals surface area contributed by atoms with Crippen LogP contribution in [-0.2, 0) is 0 Å². The van der Waals surface area contributed by atoms with Gasteiger partial charge in [0.15, 0.2) is 0 Å². The van der Waals surface area contributed by atoms with Crippen LogP contribution < -0.4 is 0 Å². The van der Waals surface area contributed by atoms with Crippen molar-refractivity contribution in [2.24, 2.45) is 0 Å². The molecule has 0 spiro atoms. The summed E-state index contributed by atoms with van der Waals surface area (Å²) in [5.74, 6) is 0. The van der Waals surface area contributed by atoms with E-state index in [0.717, 1.165) is 66.9 Å². The number of pyridine rings is 2. The molecule has 51 heavy (non-hydrogen) atoms. The Morgan fingerprint density at radius 1 is 0.314 bits per heavy atom. The summed E-state index contributed by atoms with van der Waals surface area (Å²) in [5, 5.41) is 5.98. The molecule has 0 aliphatic carbocycles. The highest BCUT2D eigenvalue weighted by atomic mass is 15.0. The minimum atomic E-state index is 0.955. The standard InChI is InChI=1S/C48H31N3/c1-4-14-33(15-5-1)44-28-36(29-45(49-44)34-16-6-2-7-17-34)32-24-26-35(27-25-32)48-42-31-47-41(30-40(42)38-20-10-12-22-43(38)50-48)39-21-11-13-23-46(39)51(47)37-18-8-3-9-19-37/h1-31H. The molecule has 0 radical (unpaired) electrons. The molecule has 0 N–H and O–H groups in total. The van der Waals surface area contributed by atoms with Crippen molar-refractivity contribution in [1.29, 1.82) is 0 Å². The van der Waals surface area contributed by atoms with Gasteiger partial charge in [-0.05, 0) is 65.0 Å². The number of aromatic nitrogens is 3. The number of rotatable bonds is 5. The predicted molar refractivity (Wildman–Crippen MR) is 213 cm³/mol. The van der Waals surface area contributed by atoms with E-state index in [4.69, 9.17) is 9.97 Å². The van der Waals surface area contributed by atoms with E-state index < -0.39 is 0 Å². The second-order valence-corrected chi connectivity index (χ2v) is 13.0. The quantitative estimate of drug-likeness (QED) is 0.174. The fraction of sp³-hybridized carbons (Fsp3) is 0. The predicted octanol–water partition coefficient (Wildman–Crippen LogP) is 12.5. The average molecular weight is 650 g/mol. The van der Waals surface area contributed by atoms with E-state index in [0.29, 0.717) is 0 Å². The van der Waals surface area contributed by atoms with Crippen molar-refractivity contribution >= 4 is 43.5 Å². The molecule has 0 amide bonds. The van der Waals surface area contributed by atoms with Crippen molar-refractivity contribution in [3.05, 3.63) is 188 Å².